The van der Waals surface area contributed by atoms with Crippen molar-refractivity contribution in [2.45, 2.75) is 13.8 Å². The third-order valence-electron chi connectivity index (χ3n) is 2.66. The van der Waals surface area contributed by atoms with Gasteiger partial charge in [0.1, 0.15) is 5.75 Å². The van der Waals surface area contributed by atoms with Gasteiger partial charge in [-0.05, 0) is 31.5 Å². The molecule has 3 nitrogen and oxygen atoms in total. The van der Waals surface area contributed by atoms with Crippen LogP contribution >= 0.6 is 0 Å². The van der Waals surface area contributed by atoms with Crippen molar-refractivity contribution >= 4 is 0 Å². The highest BCUT2D eigenvalue weighted by Crippen LogP contribution is 2.27. The summed E-state index contributed by atoms with van der Waals surface area (Å²) in [5.74, 6) is 0.290. The lowest BCUT2D eigenvalue weighted by atomic mass is 10.0. The molecule has 78 valence electrons. The molecule has 0 atom stereocenters. The van der Waals surface area contributed by atoms with E-state index < -0.39 is 0 Å². The summed E-state index contributed by atoms with van der Waals surface area (Å²) in [6.45, 7) is 4.04. The smallest absolute Gasteiger partial charge is 0.115 e. The largest absolute Gasteiger partial charge is 0.508 e. The number of phenols is 1. The minimum absolute atomic E-state index is 0.290. The van der Waals surface area contributed by atoms with Gasteiger partial charge in [-0.3, -0.25) is 4.68 Å². The van der Waals surface area contributed by atoms with E-state index in [9.17, 15) is 5.11 Å². The Morgan fingerprint density at radius 2 is 1.73 bits per heavy atom. The summed E-state index contributed by atoms with van der Waals surface area (Å²) < 4.78 is 1.87. The summed E-state index contributed by atoms with van der Waals surface area (Å²) in [6, 6.07) is 7.21. The first-order chi connectivity index (χ1) is 7.09. The minimum atomic E-state index is 0.290. The first-order valence-corrected chi connectivity index (χ1v) is 4.89. The molecule has 0 fully saturated rings. The van der Waals surface area contributed by atoms with Crippen molar-refractivity contribution in [2.75, 3.05) is 0 Å². The molecule has 1 aromatic heterocycles. The lowest BCUT2D eigenvalue weighted by Crippen LogP contribution is -1.92. The van der Waals surface area contributed by atoms with Crippen LogP contribution in [0, 0.1) is 13.8 Å². The summed E-state index contributed by atoms with van der Waals surface area (Å²) >= 11 is 0. The van der Waals surface area contributed by atoms with Crippen LogP contribution in [0.4, 0.5) is 0 Å². The van der Waals surface area contributed by atoms with Gasteiger partial charge in [0, 0.05) is 18.3 Å². The minimum Gasteiger partial charge on any atom is -0.508 e. The Morgan fingerprint density at radius 3 is 2.20 bits per heavy atom. The van der Waals surface area contributed by atoms with Gasteiger partial charge >= 0.3 is 0 Å². The quantitative estimate of drug-likeness (QED) is 0.771. The highest BCUT2D eigenvalue weighted by molar-refractivity contribution is 5.68. The fraction of sp³-hybridized carbons (Fsp3) is 0.250. The van der Waals surface area contributed by atoms with Crippen LogP contribution in [-0.4, -0.2) is 14.9 Å². The van der Waals surface area contributed by atoms with Crippen molar-refractivity contribution in [3.8, 4) is 16.9 Å². The molecule has 0 aliphatic heterocycles. The number of hydrogen-bond donors (Lipinski definition) is 1. The number of rotatable bonds is 1. The number of nitrogens with zero attached hydrogens (tertiary/aromatic N) is 2. The Balaban J connectivity index is 2.58. The van der Waals surface area contributed by atoms with E-state index >= 15 is 0 Å². The molecule has 0 aliphatic rings. The van der Waals surface area contributed by atoms with E-state index in [1.807, 2.05) is 37.7 Å². The average molecular weight is 202 g/mol. The molecule has 15 heavy (non-hydrogen) atoms. The van der Waals surface area contributed by atoms with Gasteiger partial charge in [0.2, 0.25) is 0 Å². The van der Waals surface area contributed by atoms with Crippen LogP contribution in [-0.2, 0) is 7.05 Å². The summed E-state index contributed by atoms with van der Waals surface area (Å²) in [5.41, 5.74) is 4.40. The second-order valence-electron chi connectivity index (χ2n) is 3.72. The van der Waals surface area contributed by atoms with Gasteiger partial charge in [-0.1, -0.05) is 12.1 Å². The number of benzene rings is 1. The van der Waals surface area contributed by atoms with Crippen molar-refractivity contribution in [2.24, 2.45) is 7.05 Å². The first-order valence-electron chi connectivity index (χ1n) is 4.89. The van der Waals surface area contributed by atoms with Crippen molar-refractivity contribution in [1.82, 2.24) is 9.78 Å². The monoisotopic (exact) mass is 202 g/mol. The third-order valence-corrected chi connectivity index (χ3v) is 2.66. The zero-order valence-corrected chi connectivity index (χ0v) is 9.15. The molecule has 0 spiro atoms. The lowest BCUT2D eigenvalue weighted by molar-refractivity contribution is 0.475. The molecule has 0 saturated carbocycles. The van der Waals surface area contributed by atoms with Gasteiger partial charge in [0.25, 0.3) is 0 Å². The first kappa shape index (κ1) is 9.77. The van der Waals surface area contributed by atoms with Crippen LogP contribution in [0.25, 0.3) is 11.1 Å². The zero-order chi connectivity index (χ0) is 11.0. The maximum absolute atomic E-state index is 9.23. The second kappa shape index (κ2) is 3.42. The fourth-order valence-electron chi connectivity index (χ4n) is 1.82. The molecule has 0 saturated heterocycles. The van der Waals surface area contributed by atoms with Gasteiger partial charge in [-0.15, -0.1) is 0 Å². The van der Waals surface area contributed by atoms with E-state index in [4.69, 9.17) is 0 Å². The molecule has 1 N–H and O–H groups in total. The molecule has 2 aromatic rings. The van der Waals surface area contributed by atoms with Gasteiger partial charge in [-0.2, -0.15) is 5.10 Å². The highest BCUT2D eigenvalue weighted by atomic mass is 16.3. The molecular formula is C12H14N2O. The van der Waals surface area contributed by atoms with E-state index in [2.05, 4.69) is 5.10 Å². The van der Waals surface area contributed by atoms with Crippen molar-refractivity contribution in [3.63, 3.8) is 0 Å². The summed E-state index contributed by atoms with van der Waals surface area (Å²) in [5, 5.41) is 13.6. The molecular weight excluding hydrogens is 188 g/mol. The Kier molecular flexibility index (Phi) is 2.23. The van der Waals surface area contributed by atoms with Crippen molar-refractivity contribution in [3.05, 3.63) is 35.7 Å². The molecule has 2 rings (SSSR count). The van der Waals surface area contributed by atoms with Gasteiger partial charge in [0.15, 0.2) is 0 Å². The molecule has 3 heteroatoms. The Morgan fingerprint density at radius 1 is 1.13 bits per heavy atom. The normalized spacial score (nSPS) is 10.6. The van der Waals surface area contributed by atoms with Crippen LogP contribution in [0.1, 0.15) is 11.4 Å². The third kappa shape index (κ3) is 1.61. The van der Waals surface area contributed by atoms with Crippen LogP contribution in [0.3, 0.4) is 0 Å². The molecule has 0 radical (unpaired) electrons. The average Bonchev–Trinajstić information content (AvgIpc) is 2.44. The molecule has 0 unspecified atom stereocenters. The lowest BCUT2D eigenvalue weighted by Gasteiger charge is -2.02. The SMILES string of the molecule is Cc1nn(C)c(C)c1-c1ccc(O)cc1. The summed E-state index contributed by atoms with van der Waals surface area (Å²) in [6.07, 6.45) is 0. The standard InChI is InChI=1S/C12H14N2O/c1-8-12(9(2)14(3)13-8)10-4-6-11(15)7-5-10/h4-7,15H,1-3H3. The Labute approximate surface area is 89.0 Å². The topological polar surface area (TPSA) is 38.0 Å². The highest BCUT2D eigenvalue weighted by Gasteiger charge is 2.10. The van der Waals surface area contributed by atoms with Crippen LogP contribution in [0.5, 0.6) is 5.75 Å². The van der Waals surface area contributed by atoms with E-state index in [-0.39, 0.29) is 5.75 Å². The number of aryl methyl sites for hydroxylation is 2. The number of hydrogen-bond acceptors (Lipinski definition) is 2. The van der Waals surface area contributed by atoms with Crippen LogP contribution in [0.15, 0.2) is 24.3 Å². The van der Waals surface area contributed by atoms with Crippen LogP contribution < -0.4 is 0 Å². The van der Waals surface area contributed by atoms with Crippen LogP contribution in [0.2, 0.25) is 0 Å². The molecule has 0 aliphatic carbocycles. The maximum Gasteiger partial charge on any atom is 0.115 e. The molecule has 1 heterocycles. The number of aromatic nitrogens is 2. The fourth-order valence-corrected chi connectivity index (χ4v) is 1.82. The zero-order valence-electron chi connectivity index (χ0n) is 9.15. The Bertz CT molecular complexity index is 483. The van der Waals surface area contributed by atoms with Crippen molar-refractivity contribution in [1.29, 1.82) is 0 Å². The van der Waals surface area contributed by atoms with E-state index in [1.165, 1.54) is 0 Å². The Hall–Kier alpha value is -1.77. The van der Waals surface area contributed by atoms with Gasteiger partial charge in [0.05, 0.1) is 5.69 Å². The second-order valence-corrected chi connectivity index (χ2v) is 3.72. The summed E-state index contributed by atoms with van der Waals surface area (Å²) in [4.78, 5) is 0. The number of phenolic OH excluding ortho intramolecular Hbond substituents is 1. The van der Waals surface area contributed by atoms with Gasteiger partial charge < -0.3 is 5.11 Å². The molecule has 1 aromatic carbocycles. The van der Waals surface area contributed by atoms with E-state index in [0.717, 1.165) is 22.5 Å². The maximum atomic E-state index is 9.23. The number of aromatic hydroxyl groups is 1. The predicted molar refractivity (Wildman–Crippen MR) is 59.8 cm³/mol. The molecule has 0 bridgehead atoms. The van der Waals surface area contributed by atoms with Crippen molar-refractivity contribution < 1.29 is 5.11 Å². The summed E-state index contributed by atoms with van der Waals surface area (Å²) in [7, 11) is 1.94. The van der Waals surface area contributed by atoms with E-state index in [0.29, 0.717) is 0 Å². The van der Waals surface area contributed by atoms with E-state index in [1.54, 1.807) is 12.1 Å². The molecule has 0 amide bonds. The predicted octanol–water partition coefficient (Wildman–Crippen LogP) is 2.41. The van der Waals surface area contributed by atoms with Gasteiger partial charge in [-0.25, -0.2) is 0 Å².